The fourth-order valence-electron chi connectivity index (χ4n) is 5.69. The van der Waals surface area contributed by atoms with E-state index in [4.69, 9.17) is 18.9 Å². The average molecular weight is 503 g/mol. The van der Waals surface area contributed by atoms with Crippen molar-refractivity contribution in [2.75, 3.05) is 6.61 Å². The average Bonchev–Trinajstić information content (AvgIpc) is 2.71. The van der Waals surface area contributed by atoms with Gasteiger partial charge in [-0.25, -0.2) is 0 Å². The van der Waals surface area contributed by atoms with Crippen LogP contribution >= 0.6 is 0 Å². The quantitative estimate of drug-likeness (QED) is 0.383. The number of hydrogen-bond acceptors (Lipinski definition) is 7. The van der Waals surface area contributed by atoms with Crippen LogP contribution in [0, 0.1) is 5.92 Å². The van der Waals surface area contributed by atoms with Crippen LogP contribution in [0.15, 0.2) is 46.6 Å². The second kappa shape index (κ2) is 11.4. The summed E-state index contributed by atoms with van der Waals surface area (Å²) in [5.74, 6) is -1.99. The maximum atomic E-state index is 12.0. The zero-order valence-corrected chi connectivity index (χ0v) is 22.8. The van der Waals surface area contributed by atoms with Gasteiger partial charge in [0.25, 0.3) is 0 Å². The van der Waals surface area contributed by atoms with E-state index in [0.29, 0.717) is 19.3 Å². The van der Waals surface area contributed by atoms with E-state index in [1.807, 2.05) is 26.0 Å². The highest BCUT2D eigenvalue weighted by Gasteiger charge is 2.53. The van der Waals surface area contributed by atoms with Crippen LogP contribution in [0.3, 0.4) is 0 Å². The van der Waals surface area contributed by atoms with Crippen LogP contribution in [0.25, 0.3) is 0 Å². The van der Waals surface area contributed by atoms with Crippen molar-refractivity contribution in [2.24, 2.45) is 5.92 Å². The molecule has 1 N–H and O–H groups in total. The fourth-order valence-corrected chi connectivity index (χ4v) is 5.69. The maximum absolute atomic E-state index is 12.0. The first kappa shape index (κ1) is 28.4. The van der Waals surface area contributed by atoms with Crippen LogP contribution in [0.2, 0.25) is 0 Å². The molecule has 6 atom stereocenters. The number of esters is 2. The minimum Gasteiger partial charge on any atom is -0.459 e. The lowest BCUT2D eigenvalue weighted by Crippen LogP contribution is -2.57. The second-order valence-corrected chi connectivity index (χ2v) is 11.0. The summed E-state index contributed by atoms with van der Waals surface area (Å²) in [6.07, 6.45) is 10.3. The number of hydrogen-bond donors (Lipinski definition) is 1. The lowest BCUT2D eigenvalue weighted by molar-refractivity contribution is -0.298. The molecule has 7 nitrogen and oxygen atoms in total. The van der Waals surface area contributed by atoms with Crippen LogP contribution in [0.5, 0.6) is 0 Å². The molecular formula is C29H42O7. The summed E-state index contributed by atoms with van der Waals surface area (Å²) in [6.45, 7) is 12.7. The number of carbonyl (C=O) groups excluding carboxylic acids is 2. The highest BCUT2D eigenvalue weighted by molar-refractivity contribution is 5.67. The number of carbonyl (C=O) groups is 2. The highest BCUT2D eigenvalue weighted by Crippen LogP contribution is 2.48. The highest BCUT2D eigenvalue weighted by atomic mass is 16.7. The van der Waals surface area contributed by atoms with Crippen LogP contribution in [-0.4, -0.2) is 53.4 Å². The van der Waals surface area contributed by atoms with Gasteiger partial charge in [-0.2, -0.15) is 0 Å². The summed E-state index contributed by atoms with van der Waals surface area (Å²) >= 11 is 0. The third-order valence-corrected chi connectivity index (χ3v) is 7.06. The van der Waals surface area contributed by atoms with Crippen molar-refractivity contribution in [3.63, 3.8) is 0 Å². The smallest absolute Gasteiger partial charge is 0.303 e. The van der Waals surface area contributed by atoms with Crippen molar-refractivity contribution in [1.82, 2.24) is 0 Å². The van der Waals surface area contributed by atoms with Gasteiger partial charge in [0.05, 0.1) is 18.8 Å². The molecule has 1 fully saturated rings. The Balaban J connectivity index is 1.93. The largest absolute Gasteiger partial charge is 0.459 e. The molecule has 200 valence electrons. The summed E-state index contributed by atoms with van der Waals surface area (Å²) < 4.78 is 24.5. The van der Waals surface area contributed by atoms with Gasteiger partial charge in [-0.15, -0.1) is 0 Å². The minimum absolute atomic E-state index is 0.140. The molecule has 0 amide bonds. The molecule has 0 bridgehead atoms. The summed E-state index contributed by atoms with van der Waals surface area (Å²) in [6, 6.07) is 0. The summed E-state index contributed by atoms with van der Waals surface area (Å²) in [7, 11) is 0. The first-order valence-corrected chi connectivity index (χ1v) is 12.9. The van der Waals surface area contributed by atoms with Crippen molar-refractivity contribution >= 4 is 11.9 Å². The Labute approximate surface area is 215 Å². The second-order valence-electron chi connectivity index (χ2n) is 11.0. The van der Waals surface area contributed by atoms with Crippen LogP contribution < -0.4 is 0 Å². The lowest BCUT2D eigenvalue weighted by Gasteiger charge is -2.51. The number of aliphatic hydroxyl groups is 1. The zero-order valence-electron chi connectivity index (χ0n) is 22.8. The normalized spacial score (nSPS) is 34.3. The molecular weight excluding hydrogens is 460 g/mol. The van der Waals surface area contributed by atoms with Crippen LogP contribution in [0.4, 0.5) is 0 Å². The van der Waals surface area contributed by atoms with Crippen molar-refractivity contribution in [2.45, 2.75) is 110 Å². The number of ether oxygens (including phenoxy) is 4. The predicted octanol–water partition coefficient (Wildman–Crippen LogP) is 5.09. The fraction of sp³-hybridized carbons (Fsp3) is 0.655. The van der Waals surface area contributed by atoms with Gasteiger partial charge in [-0.05, 0) is 71.1 Å². The van der Waals surface area contributed by atoms with E-state index in [1.165, 1.54) is 25.0 Å². The Morgan fingerprint density at radius 3 is 2.50 bits per heavy atom. The Morgan fingerprint density at radius 2 is 1.89 bits per heavy atom. The van der Waals surface area contributed by atoms with Crippen molar-refractivity contribution in [3.05, 3.63) is 46.6 Å². The van der Waals surface area contributed by atoms with E-state index in [-0.39, 0.29) is 42.8 Å². The van der Waals surface area contributed by atoms with Crippen LogP contribution in [-0.2, 0) is 28.5 Å². The third-order valence-electron chi connectivity index (χ3n) is 7.06. The summed E-state index contributed by atoms with van der Waals surface area (Å²) in [5.41, 5.74) is 3.37. The number of fused-ring (bicyclic) bond motifs is 1. The molecule has 7 heteroatoms. The Kier molecular flexibility index (Phi) is 9.02. The van der Waals surface area contributed by atoms with E-state index in [1.54, 1.807) is 0 Å². The monoisotopic (exact) mass is 502 g/mol. The van der Waals surface area contributed by atoms with Crippen molar-refractivity contribution < 1.29 is 33.6 Å². The molecule has 3 rings (SSSR count). The van der Waals surface area contributed by atoms with Gasteiger partial charge in [0.15, 0.2) is 5.79 Å². The molecule has 0 unspecified atom stereocenters. The number of allylic oxidation sites excluding steroid dienone is 3. The lowest BCUT2D eigenvalue weighted by atomic mass is 9.76. The van der Waals surface area contributed by atoms with Gasteiger partial charge in [-0.1, -0.05) is 29.4 Å². The molecule has 0 aromatic heterocycles. The predicted molar refractivity (Wildman–Crippen MR) is 137 cm³/mol. The summed E-state index contributed by atoms with van der Waals surface area (Å²) in [5, 5.41) is 10.3. The molecule has 1 saturated heterocycles. The van der Waals surface area contributed by atoms with Gasteiger partial charge < -0.3 is 24.1 Å². The van der Waals surface area contributed by atoms with Crippen molar-refractivity contribution in [1.29, 1.82) is 0 Å². The SMILES string of the molecule is CC(=O)O[C@@H]1C[C@@H]2C(CO)=C[C@]3(C[C@](C)(OC(C)=O)C[C@@H](/C=C(\C)CCC=C(C)C)O3)O[C@@H]2C=C1C. The van der Waals surface area contributed by atoms with E-state index in [2.05, 4.69) is 32.9 Å². The maximum Gasteiger partial charge on any atom is 0.303 e. The molecule has 0 aromatic rings. The molecule has 1 aliphatic carbocycles. The third kappa shape index (κ3) is 7.17. The first-order chi connectivity index (χ1) is 16.8. The number of aliphatic hydroxyl groups excluding tert-OH is 1. The topological polar surface area (TPSA) is 91.3 Å². The minimum atomic E-state index is -1.16. The van der Waals surface area contributed by atoms with Crippen LogP contribution in [0.1, 0.15) is 80.6 Å². The van der Waals surface area contributed by atoms with E-state index in [0.717, 1.165) is 24.0 Å². The van der Waals surface area contributed by atoms with E-state index in [9.17, 15) is 14.7 Å². The molecule has 0 radical (unpaired) electrons. The van der Waals surface area contributed by atoms with E-state index < -0.39 is 11.4 Å². The van der Waals surface area contributed by atoms with Crippen molar-refractivity contribution in [3.8, 4) is 0 Å². The molecule has 1 spiro atoms. The Hall–Kier alpha value is -2.22. The van der Waals surface area contributed by atoms with Gasteiger partial charge in [0.2, 0.25) is 0 Å². The van der Waals surface area contributed by atoms with Gasteiger partial charge in [0.1, 0.15) is 11.7 Å². The van der Waals surface area contributed by atoms with Gasteiger partial charge in [0, 0.05) is 32.6 Å². The number of rotatable bonds is 7. The molecule has 36 heavy (non-hydrogen) atoms. The molecule has 2 heterocycles. The summed E-state index contributed by atoms with van der Waals surface area (Å²) in [4.78, 5) is 23.6. The molecule has 0 saturated carbocycles. The van der Waals surface area contributed by atoms with Gasteiger partial charge in [-0.3, -0.25) is 9.59 Å². The Bertz CT molecular complexity index is 970. The first-order valence-electron chi connectivity index (χ1n) is 12.9. The molecule has 2 aliphatic heterocycles. The molecule has 3 aliphatic rings. The van der Waals surface area contributed by atoms with Gasteiger partial charge >= 0.3 is 11.9 Å². The molecule has 0 aromatic carbocycles. The Morgan fingerprint density at radius 1 is 1.17 bits per heavy atom. The standard InChI is InChI=1S/C29H42O7/c1-18(2)9-8-10-19(3)11-24-15-28(7,34-22(6)32)17-29(35-24)14-23(16-30)25-13-26(33-21(5)31)20(4)12-27(25)36-29/h9,11-12,14,24-27,30H,8,10,13,15-17H2,1-7H3/b19-11+/t24-,25-,26-,27-,28-,29-/m1/s1. The van der Waals surface area contributed by atoms with E-state index >= 15 is 0 Å². The zero-order chi connectivity index (χ0) is 26.7.